The highest BCUT2D eigenvalue weighted by molar-refractivity contribution is 6.01. The zero-order valence-electron chi connectivity index (χ0n) is 18.0. The highest BCUT2D eigenvalue weighted by atomic mass is 16.1. The number of allylic oxidation sites excluding steroid dienone is 2. The van der Waals surface area contributed by atoms with Crippen molar-refractivity contribution < 1.29 is 6.22 Å². The molecule has 1 aliphatic carbocycles. The summed E-state index contributed by atoms with van der Waals surface area (Å²) in [6, 6.07) is 0. The van der Waals surface area contributed by atoms with Gasteiger partial charge in [-0.1, -0.05) is 31.8 Å². The Labute approximate surface area is 171 Å². The second-order valence-corrected chi connectivity index (χ2v) is 8.97. The van der Waals surface area contributed by atoms with Crippen molar-refractivity contribution in [2.45, 2.75) is 66.7 Å². The predicted molar refractivity (Wildman–Crippen MR) is 117 cm³/mol. The molecule has 4 heteroatoms. The van der Waals surface area contributed by atoms with Crippen LogP contribution in [0.1, 0.15) is 82.7 Å². The zero-order valence-corrected chi connectivity index (χ0v) is 18.0. The van der Waals surface area contributed by atoms with Crippen LogP contribution in [0.5, 0.6) is 0 Å². The fraction of sp³-hybridized carbons (Fsp3) is 0.583. The van der Waals surface area contributed by atoms with Gasteiger partial charge >= 0.3 is 0 Å². The molecule has 3 rings (SSSR count). The first-order valence-corrected chi connectivity index (χ1v) is 10.5. The smallest absolute Gasteiger partial charge is 0.259 e. The third-order valence-electron chi connectivity index (χ3n) is 5.92. The van der Waals surface area contributed by atoms with E-state index in [2.05, 4.69) is 35.9 Å². The molecule has 2 heterocycles. The number of hydrogen-bond acceptors (Lipinski definition) is 3. The summed E-state index contributed by atoms with van der Waals surface area (Å²) in [5.74, 6) is 7.81. The van der Waals surface area contributed by atoms with Crippen molar-refractivity contribution in [3.05, 3.63) is 34.7 Å². The van der Waals surface area contributed by atoms with Crippen LogP contribution in [0.25, 0.3) is 0 Å². The Balaban J connectivity index is 0.00000300. The first-order chi connectivity index (χ1) is 13.3. The fourth-order valence-corrected chi connectivity index (χ4v) is 3.58. The van der Waals surface area contributed by atoms with Gasteiger partial charge in [0.25, 0.3) is 5.91 Å². The van der Waals surface area contributed by atoms with Gasteiger partial charge in [-0.25, -0.2) is 4.98 Å². The second kappa shape index (κ2) is 8.39. The molecule has 1 amide bonds. The molecule has 0 aromatic carbocycles. The van der Waals surface area contributed by atoms with Crippen molar-refractivity contribution in [1.29, 1.82) is 0 Å². The normalized spacial score (nSPS) is 19.5. The van der Waals surface area contributed by atoms with Crippen LogP contribution in [0.2, 0.25) is 0 Å². The molecule has 0 atom stereocenters. The number of carbonyl (C=O) groups is 1. The predicted octanol–water partition coefficient (Wildman–Crippen LogP) is 5.07. The van der Waals surface area contributed by atoms with Crippen LogP contribution in [0.4, 0.5) is 5.82 Å². The Bertz CT molecular complexity index is 844. The summed E-state index contributed by atoms with van der Waals surface area (Å²) < 4.78 is 0. The largest absolute Gasteiger partial charge is 0.356 e. The Hall–Kier alpha value is -2.28. The summed E-state index contributed by atoms with van der Waals surface area (Å²) in [6.07, 6.45) is 9.56. The molecule has 1 saturated heterocycles. The third kappa shape index (κ3) is 4.95. The fourth-order valence-electron chi connectivity index (χ4n) is 3.58. The number of pyridine rings is 1. The minimum atomic E-state index is -0.0887. The van der Waals surface area contributed by atoms with E-state index in [1.807, 2.05) is 33.0 Å². The summed E-state index contributed by atoms with van der Waals surface area (Å²) in [6.45, 7) is 12.4. The first kappa shape index (κ1) is 20.5. The number of carbonyl (C=O) groups excluding carboxylic acids is 1. The van der Waals surface area contributed by atoms with E-state index in [1.54, 1.807) is 0 Å². The molecule has 2 aliphatic rings. The number of amides is 1. The van der Waals surface area contributed by atoms with Crippen LogP contribution < -0.4 is 10.2 Å². The van der Waals surface area contributed by atoms with Crippen molar-refractivity contribution in [3.63, 3.8) is 0 Å². The lowest BCUT2D eigenvalue weighted by atomic mass is 9.85. The van der Waals surface area contributed by atoms with Crippen molar-refractivity contribution >= 4 is 11.7 Å². The van der Waals surface area contributed by atoms with E-state index in [4.69, 9.17) is 4.98 Å². The molecule has 0 unspecified atom stereocenters. The van der Waals surface area contributed by atoms with Gasteiger partial charge in [-0.05, 0) is 63.9 Å². The van der Waals surface area contributed by atoms with Crippen LogP contribution in [-0.4, -0.2) is 24.0 Å². The number of nitrogens with zero attached hydrogens (tertiary/aromatic N) is 2. The molecule has 28 heavy (non-hydrogen) atoms. The summed E-state index contributed by atoms with van der Waals surface area (Å²) in [7, 11) is 0. The quantitative estimate of drug-likeness (QED) is 0.744. The van der Waals surface area contributed by atoms with E-state index in [9.17, 15) is 4.79 Å². The summed E-state index contributed by atoms with van der Waals surface area (Å²) in [5, 5.41) is 3.01. The van der Waals surface area contributed by atoms with Gasteiger partial charge in [-0.3, -0.25) is 4.79 Å². The lowest BCUT2D eigenvalue weighted by Crippen LogP contribution is -2.31. The Morgan fingerprint density at radius 3 is 2.79 bits per heavy atom. The first-order valence-electron chi connectivity index (χ1n) is 10.5. The molecule has 152 valence electrons. The minimum Gasteiger partial charge on any atom is -0.356 e. The Kier molecular flexibility index (Phi) is 6.13. The van der Waals surface area contributed by atoms with Crippen LogP contribution in [0, 0.1) is 30.1 Å². The maximum absolute atomic E-state index is 13.1. The van der Waals surface area contributed by atoms with Gasteiger partial charge in [0, 0.05) is 37.9 Å². The highest BCUT2D eigenvalue weighted by Gasteiger charge is 2.27. The molecule has 0 bridgehead atoms. The second-order valence-electron chi connectivity index (χ2n) is 8.97. The zero-order chi connectivity index (χ0) is 20.3. The summed E-state index contributed by atoms with van der Waals surface area (Å²) in [5.41, 5.74) is 3.66. The van der Waals surface area contributed by atoms with Gasteiger partial charge in [-0.15, -0.1) is 0 Å². The summed E-state index contributed by atoms with van der Waals surface area (Å²) >= 11 is 0. The molecule has 0 radical (unpaired) electrons. The highest BCUT2D eigenvalue weighted by Crippen LogP contribution is 2.33. The maximum atomic E-state index is 13.1. The van der Waals surface area contributed by atoms with E-state index < -0.39 is 0 Å². The van der Waals surface area contributed by atoms with Crippen LogP contribution >= 0.6 is 0 Å². The molecular weight excluding hydrogens is 346 g/mol. The number of anilines is 1. The van der Waals surface area contributed by atoms with Gasteiger partial charge < -0.3 is 10.2 Å². The van der Waals surface area contributed by atoms with E-state index in [1.165, 1.54) is 19.3 Å². The molecule has 1 N–H and O–H groups in total. The SMILES string of the molecule is C/C=C(\C)NC(=O)c1c(N2CCCC(C)(C)CC2)ncc(C#CC2CC2)c1C.[HH]. The third-order valence-corrected chi connectivity index (χ3v) is 5.92. The van der Waals surface area contributed by atoms with Crippen LogP contribution in [0.3, 0.4) is 0 Å². The van der Waals surface area contributed by atoms with Crippen molar-refractivity contribution in [2.75, 3.05) is 18.0 Å². The van der Waals surface area contributed by atoms with E-state index in [0.717, 1.165) is 48.6 Å². The topological polar surface area (TPSA) is 45.2 Å². The monoisotopic (exact) mass is 381 g/mol. The lowest BCUT2D eigenvalue weighted by molar-refractivity contribution is 0.0965. The molecule has 1 aromatic heterocycles. The van der Waals surface area contributed by atoms with E-state index in [0.29, 0.717) is 16.9 Å². The van der Waals surface area contributed by atoms with Gasteiger partial charge in [0.05, 0.1) is 5.56 Å². The van der Waals surface area contributed by atoms with Gasteiger partial charge in [0.15, 0.2) is 0 Å². The number of nitrogens with one attached hydrogen (secondary N) is 1. The molecule has 1 aliphatic heterocycles. The van der Waals surface area contributed by atoms with Gasteiger partial charge in [0.1, 0.15) is 5.82 Å². The molecule has 4 nitrogen and oxygen atoms in total. The van der Waals surface area contributed by atoms with Crippen LogP contribution in [-0.2, 0) is 0 Å². The Morgan fingerprint density at radius 2 is 2.11 bits per heavy atom. The van der Waals surface area contributed by atoms with Crippen molar-refractivity contribution in [3.8, 4) is 11.8 Å². The number of hydrogen-bond donors (Lipinski definition) is 1. The average molecular weight is 382 g/mol. The van der Waals surface area contributed by atoms with Gasteiger partial charge in [0.2, 0.25) is 0 Å². The van der Waals surface area contributed by atoms with Gasteiger partial charge in [-0.2, -0.15) is 0 Å². The lowest BCUT2D eigenvalue weighted by Gasteiger charge is -2.26. The van der Waals surface area contributed by atoms with E-state index in [-0.39, 0.29) is 7.33 Å². The van der Waals surface area contributed by atoms with E-state index >= 15 is 0 Å². The number of aromatic nitrogens is 1. The maximum Gasteiger partial charge on any atom is 0.259 e. The minimum absolute atomic E-state index is 0. The molecule has 1 aromatic rings. The number of rotatable bonds is 3. The van der Waals surface area contributed by atoms with Crippen molar-refractivity contribution in [1.82, 2.24) is 10.3 Å². The Morgan fingerprint density at radius 1 is 1.36 bits per heavy atom. The molecule has 0 spiro atoms. The van der Waals surface area contributed by atoms with Crippen molar-refractivity contribution in [2.24, 2.45) is 11.3 Å². The average Bonchev–Trinajstić information content (AvgIpc) is 3.48. The molecule has 1 saturated carbocycles. The standard InChI is InChI=1S/C24H33N3O.H2/c1-6-17(2)26-23(28)21-18(3)20(11-10-19-8-9-19)16-25-22(21)27-14-7-12-24(4,5)13-15-27;/h6,16,19H,7-9,12-15H2,1-5H3,(H,26,28);1H/b17-6+;. The summed E-state index contributed by atoms with van der Waals surface area (Å²) in [4.78, 5) is 20.2. The molecular formula is C24H35N3O. The van der Waals surface area contributed by atoms with Crippen LogP contribution in [0.15, 0.2) is 18.0 Å². The molecule has 2 fully saturated rings.